The third kappa shape index (κ3) is 1.75. The molecule has 0 fully saturated rings. The highest BCUT2D eigenvalue weighted by atomic mass is 32.1. The number of aromatic hydroxyl groups is 1. The molecule has 5 heteroatoms. The molecule has 0 saturated carbocycles. The summed E-state index contributed by atoms with van der Waals surface area (Å²) in [5.41, 5.74) is 1.05. The molecule has 4 nitrogen and oxygen atoms in total. The van der Waals surface area contributed by atoms with E-state index in [1.54, 1.807) is 13.0 Å². The van der Waals surface area contributed by atoms with Gasteiger partial charge in [-0.1, -0.05) is 18.3 Å². The zero-order valence-electron chi connectivity index (χ0n) is 8.06. The molecule has 2 N–H and O–H groups in total. The maximum Gasteiger partial charge on any atom is 0.396 e. The van der Waals surface area contributed by atoms with Crippen molar-refractivity contribution in [1.82, 2.24) is 0 Å². The molecule has 2 aromatic rings. The minimum absolute atomic E-state index is 0.0621. The van der Waals surface area contributed by atoms with Gasteiger partial charge in [-0.2, -0.15) is 0 Å². The number of aliphatic hydroxyl groups is 1. The molecule has 1 aromatic carbocycles. The number of hydrogen-bond acceptors (Lipinski definition) is 5. The minimum atomic E-state index is -0.391. The second-order valence-electron chi connectivity index (χ2n) is 3.40. The summed E-state index contributed by atoms with van der Waals surface area (Å²) in [4.78, 5) is 10.6. The Balaban J connectivity index is 2.66. The third-order valence-electron chi connectivity index (χ3n) is 2.28. The van der Waals surface area contributed by atoms with Crippen LogP contribution < -0.4 is 4.94 Å². The average Bonchev–Trinajstić information content (AvgIpc) is 2.55. The first kappa shape index (κ1) is 10.2. The molecule has 0 saturated heterocycles. The van der Waals surface area contributed by atoms with Crippen molar-refractivity contribution in [2.45, 2.75) is 12.8 Å². The van der Waals surface area contributed by atoms with E-state index in [9.17, 15) is 9.90 Å². The van der Waals surface area contributed by atoms with Crippen LogP contribution in [0.15, 0.2) is 21.3 Å². The van der Waals surface area contributed by atoms with Crippen LogP contribution in [0.4, 0.5) is 0 Å². The highest BCUT2D eigenvalue weighted by molar-refractivity contribution is 7.16. The molecule has 0 aliphatic heterocycles. The molecule has 0 aliphatic carbocycles. The summed E-state index contributed by atoms with van der Waals surface area (Å²) >= 11 is 0.950. The van der Waals surface area contributed by atoms with E-state index in [-0.39, 0.29) is 18.3 Å². The SMILES string of the molecule is CC(CO)c1cc2oc(=O)sc2cc1O. The smallest absolute Gasteiger partial charge is 0.396 e. The van der Waals surface area contributed by atoms with Gasteiger partial charge in [0.25, 0.3) is 0 Å². The Bertz CT molecular complexity index is 540. The van der Waals surface area contributed by atoms with E-state index in [1.807, 2.05) is 0 Å². The number of aliphatic hydroxyl groups excluding tert-OH is 1. The highest BCUT2D eigenvalue weighted by Crippen LogP contribution is 2.31. The second kappa shape index (κ2) is 3.67. The van der Waals surface area contributed by atoms with E-state index in [2.05, 4.69) is 0 Å². The van der Waals surface area contributed by atoms with E-state index in [4.69, 9.17) is 9.52 Å². The van der Waals surface area contributed by atoms with E-state index in [0.29, 0.717) is 15.8 Å². The monoisotopic (exact) mass is 226 g/mol. The number of benzene rings is 1. The Morgan fingerprint density at radius 3 is 2.93 bits per heavy atom. The van der Waals surface area contributed by atoms with Crippen molar-refractivity contribution >= 4 is 21.6 Å². The Kier molecular flexibility index (Phi) is 2.50. The Morgan fingerprint density at radius 2 is 2.27 bits per heavy atom. The van der Waals surface area contributed by atoms with E-state index < -0.39 is 4.94 Å². The summed E-state index contributed by atoms with van der Waals surface area (Å²) in [5.74, 6) is -0.0966. The van der Waals surface area contributed by atoms with Gasteiger partial charge in [0, 0.05) is 24.2 Å². The lowest BCUT2D eigenvalue weighted by molar-refractivity contribution is 0.270. The normalized spacial score (nSPS) is 13.2. The topological polar surface area (TPSA) is 70.7 Å². The summed E-state index contributed by atoms with van der Waals surface area (Å²) in [6.07, 6.45) is 0. The fourth-order valence-corrected chi connectivity index (χ4v) is 2.10. The zero-order valence-corrected chi connectivity index (χ0v) is 8.87. The molecule has 1 unspecified atom stereocenters. The standard InChI is InChI=1S/C10H10O4S/c1-5(4-11)6-2-8-9(3-7(6)12)15-10(13)14-8/h2-3,5,11-12H,4H2,1H3. The molecule has 0 radical (unpaired) electrons. The molecule has 2 rings (SSSR count). The van der Waals surface area contributed by atoms with Crippen LogP contribution in [0.3, 0.4) is 0 Å². The molecule has 0 bridgehead atoms. The van der Waals surface area contributed by atoms with Gasteiger partial charge in [0.05, 0.1) is 4.70 Å². The average molecular weight is 226 g/mol. The van der Waals surface area contributed by atoms with Gasteiger partial charge in [0.1, 0.15) is 11.3 Å². The Labute approximate surface area is 89.4 Å². The number of phenolic OH excluding ortho intramolecular Hbond substituents is 1. The Hall–Kier alpha value is -1.33. The fourth-order valence-electron chi connectivity index (χ4n) is 1.42. The van der Waals surface area contributed by atoms with Gasteiger partial charge < -0.3 is 14.6 Å². The maximum atomic E-state index is 11.0. The quantitative estimate of drug-likeness (QED) is 0.816. The largest absolute Gasteiger partial charge is 0.508 e. The van der Waals surface area contributed by atoms with E-state index >= 15 is 0 Å². The van der Waals surface area contributed by atoms with Crippen molar-refractivity contribution in [3.05, 3.63) is 27.4 Å². The van der Waals surface area contributed by atoms with Crippen LogP contribution >= 0.6 is 11.3 Å². The molecule has 0 aliphatic rings. The van der Waals surface area contributed by atoms with Crippen molar-refractivity contribution in [3.63, 3.8) is 0 Å². The first-order chi connectivity index (χ1) is 7.11. The van der Waals surface area contributed by atoms with Crippen molar-refractivity contribution in [1.29, 1.82) is 0 Å². The number of fused-ring (bicyclic) bond motifs is 1. The van der Waals surface area contributed by atoms with E-state index in [1.165, 1.54) is 6.07 Å². The first-order valence-corrected chi connectivity index (χ1v) is 5.31. The third-order valence-corrected chi connectivity index (χ3v) is 3.07. The second-order valence-corrected chi connectivity index (χ2v) is 4.37. The molecule has 80 valence electrons. The molecule has 0 amide bonds. The van der Waals surface area contributed by atoms with Crippen molar-refractivity contribution in [2.24, 2.45) is 0 Å². The van der Waals surface area contributed by atoms with Crippen LogP contribution in [0.1, 0.15) is 18.4 Å². The zero-order chi connectivity index (χ0) is 11.0. The summed E-state index contributed by atoms with van der Waals surface area (Å²) in [6, 6.07) is 3.09. The minimum Gasteiger partial charge on any atom is -0.508 e. The van der Waals surface area contributed by atoms with Crippen molar-refractivity contribution in [2.75, 3.05) is 6.61 Å². The van der Waals surface area contributed by atoms with Gasteiger partial charge in [0.15, 0.2) is 0 Å². The van der Waals surface area contributed by atoms with E-state index in [0.717, 1.165) is 11.3 Å². The van der Waals surface area contributed by atoms with Crippen molar-refractivity contribution in [3.8, 4) is 5.75 Å². The summed E-state index contributed by atoms with van der Waals surface area (Å²) in [7, 11) is 0. The lowest BCUT2D eigenvalue weighted by atomic mass is 10.0. The van der Waals surface area contributed by atoms with Crippen LogP contribution in [-0.4, -0.2) is 16.8 Å². The van der Waals surface area contributed by atoms with Crippen molar-refractivity contribution < 1.29 is 14.6 Å². The molecule has 1 atom stereocenters. The molecule has 15 heavy (non-hydrogen) atoms. The summed E-state index contributed by atoms with van der Waals surface area (Å²) < 4.78 is 5.55. The Morgan fingerprint density at radius 1 is 1.53 bits per heavy atom. The van der Waals surface area contributed by atoms with Crippen LogP contribution in [0.2, 0.25) is 0 Å². The van der Waals surface area contributed by atoms with Crippen LogP contribution in [0, 0.1) is 0 Å². The predicted octanol–water partition coefficient (Wildman–Crippen LogP) is 1.66. The van der Waals surface area contributed by atoms with Crippen LogP contribution in [0.5, 0.6) is 5.75 Å². The predicted molar refractivity (Wildman–Crippen MR) is 57.5 cm³/mol. The molecular formula is C10H10O4S. The number of phenols is 1. The van der Waals surface area contributed by atoms with Gasteiger partial charge >= 0.3 is 4.94 Å². The highest BCUT2D eigenvalue weighted by Gasteiger charge is 2.13. The van der Waals surface area contributed by atoms with Crippen LogP contribution in [0.25, 0.3) is 10.3 Å². The lowest BCUT2D eigenvalue weighted by Crippen LogP contribution is -1.98. The maximum absolute atomic E-state index is 11.0. The lowest BCUT2D eigenvalue weighted by Gasteiger charge is -2.09. The fraction of sp³-hybridized carbons (Fsp3) is 0.300. The summed E-state index contributed by atoms with van der Waals surface area (Å²) in [6.45, 7) is 1.72. The van der Waals surface area contributed by atoms with Gasteiger partial charge in [-0.3, -0.25) is 0 Å². The number of rotatable bonds is 2. The first-order valence-electron chi connectivity index (χ1n) is 4.49. The molecule has 0 spiro atoms. The molecular weight excluding hydrogens is 216 g/mol. The summed E-state index contributed by atoms with van der Waals surface area (Å²) in [5, 5.41) is 18.7. The van der Waals surface area contributed by atoms with Gasteiger partial charge in [-0.25, -0.2) is 4.79 Å². The van der Waals surface area contributed by atoms with Gasteiger partial charge in [-0.05, 0) is 6.07 Å². The molecule has 1 aromatic heterocycles. The van der Waals surface area contributed by atoms with Gasteiger partial charge in [0.2, 0.25) is 0 Å². The molecule has 1 heterocycles. The number of hydrogen-bond donors (Lipinski definition) is 2. The van der Waals surface area contributed by atoms with Crippen LogP contribution in [-0.2, 0) is 0 Å². The van der Waals surface area contributed by atoms with Gasteiger partial charge in [-0.15, -0.1) is 0 Å².